The Bertz CT molecular complexity index is 1070. The van der Waals surface area contributed by atoms with Gasteiger partial charge < -0.3 is 37.0 Å². The Morgan fingerprint density at radius 3 is 2.56 bits per heavy atom. The number of anilines is 2. The molecule has 1 aromatic rings. The molecule has 0 bridgehead atoms. The van der Waals surface area contributed by atoms with Crippen molar-refractivity contribution in [3.8, 4) is 0 Å². The molecule has 3 aliphatic rings. The van der Waals surface area contributed by atoms with Gasteiger partial charge in [-0.15, -0.1) is 0 Å². The summed E-state index contributed by atoms with van der Waals surface area (Å²) in [7, 11) is 0. The molecule has 212 valence electrons. The highest BCUT2D eigenvalue weighted by atomic mass is 16.5. The number of nitrogens with two attached hydrogens (primary N) is 2. The van der Waals surface area contributed by atoms with E-state index >= 15 is 0 Å². The molecular formula is C28H42N8O3. The van der Waals surface area contributed by atoms with Crippen LogP contribution in [0.4, 0.5) is 11.4 Å². The average Bonchev–Trinajstić information content (AvgIpc) is 3.36. The molecule has 4 rings (SSSR count). The quantitative estimate of drug-likeness (QED) is 0.268. The van der Waals surface area contributed by atoms with Crippen LogP contribution in [-0.2, 0) is 14.3 Å². The maximum atomic E-state index is 12.9. The van der Waals surface area contributed by atoms with Crippen LogP contribution in [0.2, 0.25) is 0 Å². The van der Waals surface area contributed by atoms with E-state index in [2.05, 4.69) is 15.5 Å². The minimum Gasteiger partial charge on any atom is -0.404 e. The van der Waals surface area contributed by atoms with E-state index in [4.69, 9.17) is 31.5 Å². The van der Waals surface area contributed by atoms with Crippen LogP contribution in [0.5, 0.6) is 0 Å². The number of amides is 1. The predicted octanol–water partition coefficient (Wildman–Crippen LogP) is 1.95. The largest absolute Gasteiger partial charge is 0.404 e. The standard InChI is InChI=1S/C28H42N8O3/c29-19-22(20-30)27(31)25-6-4-21(28(25)34-36-12-16-39-17-13-36)5-7-26(37)33-24-3-1-2-23(18-24)32-8-9-35-10-14-38-15-11-35/h1-3,18-21,29,32H,4-17,30-31H2,(H,33,37). The molecule has 0 aromatic heterocycles. The van der Waals surface area contributed by atoms with E-state index in [0.717, 1.165) is 74.9 Å². The first-order valence-corrected chi connectivity index (χ1v) is 13.8. The van der Waals surface area contributed by atoms with Crippen LogP contribution >= 0.6 is 0 Å². The van der Waals surface area contributed by atoms with Crippen molar-refractivity contribution in [2.75, 3.05) is 76.3 Å². The summed E-state index contributed by atoms with van der Waals surface area (Å²) in [4.78, 5) is 15.3. The number of hydrogen-bond acceptors (Lipinski definition) is 10. The molecule has 1 aliphatic carbocycles. The predicted molar refractivity (Wildman–Crippen MR) is 155 cm³/mol. The van der Waals surface area contributed by atoms with Crippen LogP contribution < -0.4 is 22.1 Å². The molecule has 2 saturated heterocycles. The zero-order valence-electron chi connectivity index (χ0n) is 22.7. The summed E-state index contributed by atoms with van der Waals surface area (Å²) in [6, 6.07) is 7.84. The lowest BCUT2D eigenvalue weighted by Gasteiger charge is -2.26. The fraction of sp³-hybridized carbons (Fsp3) is 0.536. The van der Waals surface area contributed by atoms with Crippen LogP contribution in [0.15, 0.2) is 52.4 Å². The van der Waals surface area contributed by atoms with E-state index in [1.807, 2.05) is 29.3 Å². The van der Waals surface area contributed by atoms with Gasteiger partial charge in [-0.3, -0.25) is 14.7 Å². The van der Waals surface area contributed by atoms with E-state index in [1.165, 1.54) is 12.4 Å². The second kappa shape index (κ2) is 14.7. The third-order valence-electron chi connectivity index (χ3n) is 7.37. The Kier molecular flexibility index (Phi) is 10.8. The Labute approximate surface area is 230 Å². The van der Waals surface area contributed by atoms with E-state index in [0.29, 0.717) is 50.4 Å². The molecule has 1 unspecified atom stereocenters. The maximum absolute atomic E-state index is 12.9. The number of nitrogens with zero attached hydrogens (tertiary/aromatic N) is 3. The van der Waals surface area contributed by atoms with Gasteiger partial charge in [0.15, 0.2) is 0 Å². The molecule has 11 heteroatoms. The number of morpholine rings is 2. The maximum Gasteiger partial charge on any atom is 0.224 e. The molecule has 7 N–H and O–H groups in total. The zero-order chi connectivity index (χ0) is 27.5. The second-order valence-electron chi connectivity index (χ2n) is 9.99. The van der Waals surface area contributed by atoms with Crippen LogP contribution in [0.25, 0.3) is 0 Å². The summed E-state index contributed by atoms with van der Waals surface area (Å²) in [6.45, 7) is 8.01. The molecule has 1 saturated carbocycles. The van der Waals surface area contributed by atoms with Crippen molar-refractivity contribution < 1.29 is 14.3 Å². The summed E-state index contributed by atoms with van der Waals surface area (Å²) in [5, 5.41) is 21.1. The van der Waals surface area contributed by atoms with Crippen LogP contribution in [-0.4, -0.2) is 93.4 Å². The van der Waals surface area contributed by atoms with Gasteiger partial charge in [0, 0.05) is 73.6 Å². The lowest BCUT2D eigenvalue weighted by atomic mass is 9.97. The van der Waals surface area contributed by atoms with Crippen molar-refractivity contribution in [3.63, 3.8) is 0 Å². The van der Waals surface area contributed by atoms with Crippen molar-refractivity contribution >= 4 is 29.2 Å². The van der Waals surface area contributed by atoms with Crippen molar-refractivity contribution in [2.24, 2.45) is 22.5 Å². The number of nitrogens with one attached hydrogen (secondary N) is 3. The van der Waals surface area contributed by atoms with Crippen LogP contribution in [0.3, 0.4) is 0 Å². The lowest BCUT2D eigenvalue weighted by molar-refractivity contribution is -0.116. The van der Waals surface area contributed by atoms with Crippen LogP contribution in [0.1, 0.15) is 25.7 Å². The minimum atomic E-state index is -0.0291. The summed E-state index contributed by atoms with van der Waals surface area (Å²) in [5.41, 5.74) is 16.7. The first kappa shape index (κ1) is 28.6. The Hall–Kier alpha value is -3.41. The number of rotatable bonds is 11. The SMILES string of the molecule is N=CC(=CN)C(N)=C1CCC(CCC(=O)Nc2cccc(NCCN3CCOCC3)c2)C1=NN1CCOCC1. The minimum absolute atomic E-state index is 0.0291. The molecule has 0 radical (unpaired) electrons. The van der Waals surface area contributed by atoms with E-state index in [9.17, 15) is 4.79 Å². The third-order valence-corrected chi connectivity index (χ3v) is 7.37. The number of carbonyl (C=O) groups is 1. The van der Waals surface area contributed by atoms with Gasteiger partial charge in [-0.2, -0.15) is 5.10 Å². The third kappa shape index (κ3) is 8.29. The molecule has 1 atom stereocenters. The Balaban J connectivity index is 1.34. The molecule has 1 aromatic carbocycles. The first-order chi connectivity index (χ1) is 19.1. The molecule has 0 spiro atoms. The number of allylic oxidation sites excluding steroid dienone is 2. The Morgan fingerprint density at radius 2 is 1.85 bits per heavy atom. The number of benzene rings is 1. The fourth-order valence-electron chi connectivity index (χ4n) is 5.14. The molecule has 2 heterocycles. The van der Waals surface area contributed by atoms with E-state index in [-0.39, 0.29) is 11.8 Å². The fourth-order valence-corrected chi connectivity index (χ4v) is 5.14. The van der Waals surface area contributed by atoms with Gasteiger partial charge in [0.1, 0.15) is 0 Å². The zero-order valence-corrected chi connectivity index (χ0v) is 22.7. The normalized spacial score (nSPS) is 23.1. The van der Waals surface area contributed by atoms with Gasteiger partial charge in [0.05, 0.1) is 45.2 Å². The van der Waals surface area contributed by atoms with Crippen molar-refractivity contribution in [3.05, 3.63) is 47.3 Å². The van der Waals surface area contributed by atoms with Gasteiger partial charge in [-0.25, -0.2) is 0 Å². The molecule has 1 amide bonds. The number of carbonyl (C=O) groups excluding carboxylic acids is 1. The molecule has 2 aliphatic heterocycles. The van der Waals surface area contributed by atoms with Gasteiger partial charge in [0.2, 0.25) is 5.91 Å². The van der Waals surface area contributed by atoms with Gasteiger partial charge in [0.25, 0.3) is 0 Å². The van der Waals surface area contributed by atoms with Gasteiger partial charge in [-0.1, -0.05) is 6.07 Å². The molecule has 3 fully saturated rings. The van der Waals surface area contributed by atoms with Crippen molar-refractivity contribution in [1.82, 2.24) is 9.91 Å². The number of hydrogen-bond donors (Lipinski definition) is 5. The number of ether oxygens (including phenoxy) is 2. The van der Waals surface area contributed by atoms with E-state index < -0.39 is 0 Å². The Morgan fingerprint density at radius 1 is 1.13 bits per heavy atom. The van der Waals surface area contributed by atoms with Crippen molar-refractivity contribution in [2.45, 2.75) is 25.7 Å². The lowest BCUT2D eigenvalue weighted by Crippen LogP contribution is -2.39. The summed E-state index contributed by atoms with van der Waals surface area (Å²) >= 11 is 0. The highest BCUT2D eigenvalue weighted by Crippen LogP contribution is 2.34. The topological polar surface area (TPSA) is 154 Å². The molecule has 11 nitrogen and oxygen atoms in total. The van der Waals surface area contributed by atoms with Crippen molar-refractivity contribution in [1.29, 1.82) is 5.41 Å². The summed E-state index contributed by atoms with van der Waals surface area (Å²) in [5.74, 6) is 0.0729. The van der Waals surface area contributed by atoms with Gasteiger partial charge >= 0.3 is 0 Å². The first-order valence-electron chi connectivity index (χ1n) is 13.8. The van der Waals surface area contributed by atoms with Gasteiger partial charge in [-0.05, 0) is 43.0 Å². The molecule has 39 heavy (non-hydrogen) atoms. The summed E-state index contributed by atoms with van der Waals surface area (Å²) < 4.78 is 10.9. The highest BCUT2D eigenvalue weighted by molar-refractivity contribution is 6.06. The monoisotopic (exact) mass is 538 g/mol. The number of hydrazone groups is 1. The molecular weight excluding hydrogens is 496 g/mol. The average molecular weight is 539 g/mol. The second-order valence-corrected chi connectivity index (χ2v) is 9.99. The van der Waals surface area contributed by atoms with E-state index in [1.54, 1.807) is 0 Å². The van der Waals surface area contributed by atoms with Crippen LogP contribution in [0, 0.1) is 11.3 Å². The summed E-state index contributed by atoms with van der Waals surface area (Å²) in [6.07, 6.45) is 5.15. The highest BCUT2D eigenvalue weighted by Gasteiger charge is 2.31. The smallest absolute Gasteiger partial charge is 0.224 e.